The fraction of sp³-hybridized carbons (Fsp3) is 0.300. The summed E-state index contributed by atoms with van der Waals surface area (Å²) in [5.41, 5.74) is 0.913. The number of thioether (sulfide) groups is 1. The van der Waals surface area contributed by atoms with Crippen molar-refractivity contribution in [1.82, 2.24) is 25.4 Å². The Morgan fingerprint density at radius 3 is 2.66 bits per heavy atom. The maximum Gasteiger partial charge on any atom is 0.321 e. The van der Waals surface area contributed by atoms with Gasteiger partial charge < -0.3 is 9.73 Å². The number of aromatic nitrogens is 3. The van der Waals surface area contributed by atoms with Crippen LogP contribution < -0.4 is 10.6 Å². The van der Waals surface area contributed by atoms with Gasteiger partial charge in [-0.2, -0.15) is 0 Å². The van der Waals surface area contributed by atoms with E-state index in [-0.39, 0.29) is 11.8 Å². The van der Waals surface area contributed by atoms with E-state index in [9.17, 15) is 9.59 Å². The summed E-state index contributed by atoms with van der Waals surface area (Å²) in [7, 11) is 0. The van der Waals surface area contributed by atoms with Gasteiger partial charge in [-0.25, -0.2) is 4.79 Å². The lowest BCUT2D eigenvalue weighted by atomic mass is 10.2. The van der Waals surface area contributed by atoms with Crippen LogP contribution in [-0.2, 0) is 11.3 Å². The molecule has 0 bridgehead atoms. The van der Waals surface area contributed by atoms with Gasteiger partial charge in [0, 0.05) is 11.6 Å². The molecule has 2 heterocycles. The third-order valence-corrected chi connectivity index (χ3v) is 5.18. The molecule has 3 amide bonds. The molecular weight excluding hydrogens is 390 g/mol. The van der Waals surface area contributed by atoms with E-state index < -0.39 is 11.9 Å². The lowest BCUT2D eigenvalue weighted by Gasteiger charge is -2.12. The molecule has 0 unspecified atom stereocenters. The number of rotatable bonds is 8. The van der Waals surface area contributed by atoms with E-state index in [1.54, 1.807) is 6.26 Å². The molecule has 0 saturated carbocycles. The van der Waals surface area contributed by atoms with Crippen molar-refractivity contribution in [2.75, 3.05) is 5.75 Å². The molecule has 2 N–H and O–H groups in total. The molecule has 3 aromatic rings. The number of urea groups is 1. The second kappa shape index (κ2) is 9.92. The lowest BCUT2D eigenvalue weighted by molar-refractivity contribution is -0.117. The van der Waals surface area contributed by atoms with Crippen molar-refractivity contribution in [1.29, 1.82) is 0 Å². The van der Waals surface area contributed by atoms with E-state index in [0.29, 0.717) is 17.5 Å². The zero-order valence-electron chi connectivity index (χ0n) is 16.3. The largest absolute Gasteiger partial charge is 0.467 e. The summed E-state index contributed by atoms with van der Waals surface area (Å²) in [6.07, 6.45) is 2.40. The van der Waals surface area contributed by atoms with Crippen molar-refractivity contribution in [3.63, 3.8) is 0 Å². The summed E-state index contributed by atoms with van der Waals surface area (Å²) in [5, 5.41) is 14.1. The molecule has 0 fully saturated rings. The highest BCUT2D eigenvalue weighted by Gasteiger charge is 2.18. The summed E-state index contributed by atoms with van der Waals surface area (Å²) in [6, 6.07) is 12.9. The van der Waals surface area contributed by atoms with Crippen molar-refractivity contribution in [3.8, 4) is 11.4 Å². The first kappa shape index (κ1) is 20.7. The molecule has 8 nitrogen and oxygen atoms in total. The van der Waals surface area contributed by atoms with Gasteiger partial charge in [0.05, 0.1) is 18.6 Å². The first-order valence-corrected chi connectivity index (χ1v) is 10.3. The predicted molar refractivity (Wildman–Crippen MR) is 110 cm³/mol. The molecule has 0 saturated heterocycles. The SMILES string of the molecule is CC[C@@H](C)NC(=O)NC(=O)CSc1nnc(-c2ccccc2)n1Cc1ccco1. The minimum Gasteiger partial charge on any atom is -0.467 e. The normalized spacial score (nSPS) is 11.8. The molecule has 152 valence electrons. The highest BCUT2D eigenvalue weighted by molar-refractivity contribution is 7.99. The predicted octanol–water partition coefficient (Wildman–Crippen LogP) is 3.30. The van der Waals surface area contributed by atoms with E-state index >= 15 is 0 Å². The van der Waals surface area contributed by atoms with Gasteiger partial charge >= 0.3 is 6.03 Å². The number of benzene rings is 1. The smallest absolute Gasteiger partial charge is 0.321 e. The molecule has 0 radical (unpaired) electrons. The first-order valence-electron chi connectivity index (χ1n) is 9.31. The zero-order chi connectivity index (χ0) is 20.6. The topological polar surface area (TPSA) is 102 Å². The van der Waals surface area contributed by atoms with Gasteiger partial charge in [-0.05, 0) is 25.5 Å². The minimum atomic E-state index is -0.494. The molecule has 1 atom stereocenters. The number of imide groups is 1. The average molecular weight is 414 g/mol. The minimum absolute atomic E-state index is 0.000258. The van der Waals surface area contributed by atoms with Crippen molar-refractivity contribution < 1.29 is 14.0 Å². The van der Waals surface area contributed by atoms with Gasteiger partial charge in [-0.1, -0.05) is 49.0 Å². The number of carbonyl (C=O) groups is 2. The maximum absolute atomic E-state index is 12.1. The van der Waals surface area contributed by atoms with Crippen molar-refractivity contribution in [3.05, 3.63) is 54.5 Å². The molecule has 3 rings (SSSR count). The molecule has 9 heteroatoms. The van der Waals surface area contributed by atoms with E-state index in [2.05, 4.69) is 20.8 Å². The molecule has 0 aliphatic carbocycles. The highest BCUT2D eigenvalue weighted by Crippen LogP contribution is 2.25. The average Bonchev–Trinajstić information content (AvgIpc) is 3.37. The number of nitrogens with zero attached hydrogens (tertiary/aromatic N) is 3. The number of furan rings is 1. The highest BCUT2D eigenvalue weighted by atomic mass is 32.2. The second-order valence-corrected chi connectivity index (χ2v) is 7.40. The summed E-state index contributed by atoms with van der Waals surface area (Å²) in [5.74, 6) is 1.07. The lowest BCUT2D eigenvalue weighted by Crippen LogP contribution is -2.43. The van der Waals surface area contributed by atoms with Crippen molar-refractivity contribution >= 4 is 23.7 Å². The maximum atomic E-state index is 12.1. The Labute approximate surface area is 173 Å². The van der Waals surface area contributed by atoms with E-state index in [4.69, 9.17) is 4.42 Å². The third kappa shape index (κ3) is 5.71. The van der Waals surface area contributed by atoms with Crippen LogP contribution in [0.3, 0.4) is 0 Å². The Kier molecular flexibility index (Phi) is 7.07. The Morgan fingerprint density at radius 2 is 1.97 bits per heavy atom. The van der Waals surface area contributed by atoms with Crippen LogP contribution in [0.2, 0.25) is 0 Å². The number of hydrogen-bond donors (Lipinski definition) is 2. The van der Waals surface area contributed by atoms with Crippen LogP contribution in [-0.4, -0.2) is 38.5 Å². The fourth-order valence-electron chi connectivity index (χ4n) is 2.55. The number of nitrogens with one attached hydrogen (secondary N) is 2. The Hall–Kier alpha value is -3.07. The van der Waals surface area contributed by atoms with Gasteiger partial charge in [-0.15, -0.1) is 10.2 Å². The second-order valence-electron chi connectivity index (χ2n) is 6.46. The van der Waals surface area contributed by atoms with Gasteiger partial charge in [0.25, 0.3) is 0 Å². The molecule has 0 aliphatic heterocycles. The Morgan fingerprint density at radius 1 is 1.17 bits per heavy atom. The molecule has 0 aliphatic rings. The Bertz CT molecular complexity index is 940. The van der Waals surface area contributed by atoms with Gasteiger partial charge in [-0.3, -0.25) is 14.7 Å². The van der Waals surface area contributed by atoms with Crippen LogP contribution in [0.25, 0.3) is 11.4 Å². The molecule has 29 heavy (non-hydrogen) atoms. The van der Waals surface area contributed by atoms with E-state index in [1.165, 1.54) is 11.8 Å². The quantitative estimate of drug-likeness (QED) is 0.550. The van der Waals surface area contributed by atoms with E-state index in [0.717, 1.165) is 17.7 Å². The van der Waals surface area contributed by atoms with Crippen LogP contribution in [0, 0.1) is 0 Å². The Balaban J connectivity index is 1.71. The van der Waals surface area contributed by atoms with Gasteiger partial charge in [0.15, 0.2) is 11.0 Å². The van der Waals surface area contributed by atoms with E-state index in [1.807, 2.05) is 60.9 Å². The number of amides is 3. The standard InChI is InChI=1S/C20H23N5O3S/c1-3-14(2)21-19(27)22-17(26)13-29-20-24-23-18(15-8-5-4-6-9-15)25(20)12-16-10-7-11-28-16/h4-11,14H,3,12-13H2,1-2H3,(H2,21,22,26,27)/t14-/m1/s1. The monoisotopic (exact) mass is 413 g/mol. The molecular formula is C20H23N5O3S. The molecule has 0 spiro atoms. The van der Waals surface area contributed by atoms with Crippen molar-refractivity contribution in [2.45, 2.75) is 38.0 Å². The van der Waals surface area contributed by atoms with Crippen LogP contribution >= 0.6 is 11.8 Å². The first-order chi connectivity index (χ1) is 14.1. The van der Waals surface area contributed by atoms with Crippen molar-refractivity contribution in [2.24, 2.45) is 0 Å². The number of carbonyl (C=O) groups excluding carboxylic acids is 2. The summed E-state index contributed by atoms with van der Waals surface area (Å²) in [4.78, 5) is 23.9. The van der Waals surface area contributed by atoms with Gasteiger partial charge in [0.1, 0.15) is 5.76 Å². The van der Waals surface area contributed by atoms with Gasteiger partial charge in [0.2, 0.25) is 5.91 Å². The summed E-state index contributed by atoms with van der Waals surface area (Å²) < 4.78 is 7.35. The van der Waals surface area contributed by atoms with Crippen LogP contribution in [0.15, 0.2) is 58.3 Å². The third-order valence-electron chi connectivity index (χ3n) is 4.22. The summed E-state index contributed by atoms with van der Waals surface area (Å²) in [6.45, 7) is 4.27. The van der Waals surface area contributed by atoms with Crippen LogP contribution in [0.5, 0.6) is 0 Å². The van der Waals surface area contributed by atoms with Crippen LogP contribution in [0.1, 0.15) is 26.0 Å². The van der Waals surface area contributed by atoms with Crippen LogP contribution in [0.4, 0.5) is 4.79 Å². The summed E-state index contributed by atoms with van der Waals surface area (Å²) >= 11 is 1.21. The molecule has 1 aromatic carbocycles. The number of hydrogen-bond acceptors (Lipinski definition) is 6. The zero-order valence-corrected chi connectivity index (χ0v) is 17.1. The fourth-order valence-corrected chi connectivity index (χ4v) is 3.29. The molecule has 2 aromatic heterocycles.